The van der Waals surface area contributed by atoms with Gasteiger partial charge in [-0.2, -0.15) is 0 Å². The molecule has 7 nitrogen and oxygen atoms in total. The molecule has 4 N–H and O–H groups in total. The second kappa shape index (κ2) is 7.24. The summed E-state index contributed by atoms with van der Waals surface area (Å²) in [6.07, 6.45) is 1.38. The van der Waals surface area contributed by atoms with Crippen molar-refractivity contribution in [2.75, 3.05) is 19.0 Å². The van der Waals surface area contributed by atoms with Crippen LogP contribution in [0.1, 0.15) is 48.2 Å². The number of hydrazine groups is 1. The summed E-state index contributed by atoms with van der Waals surface area (Å²) in [5, 5.41) is 20.6. The lowest BCUT2D eigenvalue weighted by atomic mass is 9.97. The van der Waals surface area contributed by atoms with Gasteiger partial charge < -0.3 is 15.1 Å². The molecule has 2 aromatic rings. The molecule has 2 amide bonds. The van der Waals surface area contributed by atoms with Crippen LogP contribution in [0.4, 0.5) is 10.5 Å². The van der Waals surface area contributed by atoms with E-state index in [9.17, 15) is 15.0 Å². The van der Waals surface area contributed by atoms with E-state index in [1.807, 2.05) is 19.9 Å². The molecule has 0 bridgehead atoms. The smallest absolute Gasteiger partial charge is 0.337 e. The van der Waals surface area contributed by atoms with Crippen molar-refractivity contribution in [1.82, 2.24) is 15.8 Å². The van der Waals surface area contributed by atoms with E-state index in [1.54, 1.807) is 11.0 Å². The summed E-state index contributed by atoms with van der Waals surface area (Å²) >= 11 is 0. The largest absolute Gasteiger partial charge is 0.508 e. The molecule has 2 atom stereocenters. The molecule has 7 heteroatoms. The van der Waals surface area contributed by atoms with E-state index in [4.69, 9.17) is 0 Å². The average molecular weight is 396 g/mol. The van der Waals surface area contributed by atoms with E-state index < -0.39 is 6.17 Å². The van der Waals surface area contributed by atoms with Crippen LogP contribution in [0.3, 0.4) is 0 Å². The number of hydrogen-bond acceptors (Lipinski definition) is 5. The number of amides is 2. The van der Waals surface area contributed by atoms with E-state index in [2.05, 4.69) is 42.0 Å². The van der Waals surface area contributed by atoms with Crippen molar-refractivity contribution < 1.29 is 15.0 Å². The van der Waals surface area contributed by atoms with Gasteiger partial charge in [-0.15, -0.1) is 0 Å². The number of likely N-dealkylation sites (N-methyl/N-ethyl adjacent to an activating group) is 1. The van der Waals surface area contributed by atoms with Gasteiger partial charge in [0, 0.05) is 23.4 Å². The van der Waals surface area contributed by atoms with Crippen LogP contribution in [-0.4, -0.2) is 41.3 Å². The van der Waals surface area contributed by atoms with Crippen LogP contribution >= 0.6 is 0 Å². The zero-order valence-corrected chi connectivity index (χ0v) is 17.2. The van der Waals surface area contributed by atoms with E-state index in [-0.39, 0.29) is 23.4 Å². The Hall–Kier alpha value is -2.77. The van der Waals surface area contributed by atoms with Gasteiger partial charge in [0.15, 0.2) is 0 Å². The van der Waals surface area contributed by atoms with Crippen LogP contribution in [0.15, 0.2) is 30.3 Å². The molecule has 2 aliphatic rings. The first-order chi connectivity index (χ1) is 13.8. The van der Waals surface area contributed by atoms with Gasteiger partial charge >= 0.3 is 6.03 Å². The minimum Gasteiger partial charge on any atom is -0.508 e. The number of aromatic hydroxyl groups is 2. The maximum absolute atomic E-state index is 12.6. The molecule has 2 aromatic carbocycles. The number of nitrogens with one attached hydrogen (secondary N) is 2. The number of phenols is 2. The molecular weight excluding hydrogens is 368 g/mol. The summed E-state index contributed by atoms with van der Waals surface area (Å²) in [7, 11) is 4.18. The Bertz CT molecular complexity index is 957. The first kappa shape index (κ1) is 19.5. The van der Waals surface area contributed by atoms with Gasteiger partial charge in [-0.3, -0.25) is 10.3 Å². The summed E-state index contributed by atoms with van der Waals surface area (Å²) in [6, 6.07) is 9.41. The van der Waals surface area contributed by atoms with Gasteiger partial charge in [0.05, 0.1) is 0 Å². The third-order valence-corrected chi connectivity index (χ3v) is 5.99. The normalized spacial score (nSPS) is 21.2. The SMILES string of the molecule is CC(C)c1cc(C2NNC(=O)N2c2ccc3c(c2)CC(N(C)C)C3)c(O)cc1O. The van der Waals surface area contributed by atoms with E-state index in [1.165, 1.54) is 17.2 Å². The molecule has 1 aliphatic heterocycles. The number of anilines is 1. The topological polar surface area (TPSA) is 88.1 Å². The molecule has 1 heterocycles. The Labute approximate surface area is 170 Å². The second-order valence-electron chi connectivity index (χ2n) is 8.45. The van der Waals surface area contributed by atoms with Crippen molar-refractivity contribution >= 4 is 11.7 Å². The molecule has 0 saturated carbocycles. The molecule has 154 valence electrons. The lowest BCUT2D eigenvalue weighted by Crippen LogP contribution is -2.30. The Morgan fingerprint density at radius 2 is 1.79 bits per heavy atom. The molecule has 0 spiro atoms. The van der Waals surface area contributed by atoms with Gasteiger partial charge in [0.1, 0.15) is 17.7 Å². The number of nitrogens with zero attached hydrogens (tertiary/aromatic N) is 2. The summed E-state index contributed by atoms with van der Waals surface area (Å²) < 4.78 is 0. The third-order valence-electron chi connectivity index (χ3n) is 5.99. The van der Waals surface area contributed by atoms with E-state index in [0.29, 0.717) is 11.6 Å². The number of carbonyl (C=O) groups is 1. The molecule has 29 heavy (non-hydrogen) atoms. The highest BCUT2D eigenvalue weighted by Gasteiger charge is 2.36. The van der Waals surface area contributed by atoms with E-state index in [0.717, 1.165) is 24.1 Å². The minimum atomic E-state index is -0.579. The number of rotatable bonds is 4. The molecule has 0 aromatic heterocycles. The number of urea groups is 1. The van der Waals surface area contributed by atoms with Crippen molar-refractivity contribution in [3.8, 4) is 11.5 Å². The quantitative estimate of drug-likeness (QED) is 0.638. The van der Waals surface area contributed by atoms with Gasteiger partial charge in [0.2, 0.25) is 0 Å². The fourth-order valence-electron chi connectivity index (χ4n) is 4.24. The van der Waals surface area contributed by atoms with Crippen LogP contribution in [-0.2, 0) is 12.8 Å². The van der Waals surface area contributed by atoms with Crippen LogP contribution in [0.2, 0.25) is 0 Å². The van der Waals surface area contributed by atoms with Crippen molar-refractivity contribution in [3.05, 3.63) is 52.6 Å². The van der Waals surface area contributed by atoms with Gasteiger partial charge in [-0.1, -0.05) is 19.9 Å². The Balaban J connectivity index is 1.71. The number of phenolic OH excluding ortho intramolecular Hbond substituents is 2. The zero-order chi connectivity index (χ0) is 20.9. The number of fused-ring (bicyclic) bond motifs is 1. The standard InChI is InChI=1S/C22H28N4O3/c1-12(2)17-10-18(20(28)11-19(17)27)21-23-24-22(29)26(21)15-6-5-13-7-16(25(3)4)9-14(13)8-15/h5-6,8,10-12,16,21,23,27-28H,7,9H2,1-4H3,(H,24,29). The fourth-order valence-corrected chi connectivity index (χ4v) is 4.24. The van der Waals surface area contributed by atoms with Gasteiger partial charge in [0.25, 0.3) is 0 Å². The Morgan fingerprint density at radius 3 is 2.48 bits per heavy atom. The zero-order valence-electron chi connectivity index (χ0n) is 17.2. The number of hydrogen-bond donors (Lipinski definition) is 4. The third kappa shape index (κ3) is 3.41. The first-order valence-corrected chi connectivity index (χ1v) is 9.95. The van der Waals surface area contributed by atoms with Crippen molar-refractivity contribution in [2.45, 2.75) is 44.8 Å². The summed E-state index contributed by atoms with van der Waals surface area (Å²) in [6.45, 7) is 3.95. The van der Waals surface area contributed by atoms with Gasteiger partial charge in [-0.25, -0.2) is 10.2 Å². The first-order valence-electron chi connectivity index (χ1n) is 9.95. The number of carbonyl (C=O) groups excluding carboxylic acids is 1. The van der Waals surface area contributed by atoms with E-state index >= 15 is 0 Å². The molecule has 1 fully saturated rings. The van der Waals surface area contributed by atoms with Crippen LogP contribution < -0.4 is 15.8 Å². The van der Waals surface area contributed by atoms with Crippen LogP contribution in [0, 0.1) is 0 Å². The predicted molar refractivity (Wildman–Crippen MR) is 112 cm³/mol. The molecular formula is C22H28N4O3. The van der Waals surface area contributed by atoms with Crippen molar-refractivity contribution in [1.29, 1.82) is 0 Å². The molecule has 2 unspecified atom stereocenters. The van der Waals surface area contributed by atoms with Crippen LogP contribution in [0.25, 0.3) is 0 Å². The maximum Gasteiger partial charge on any atom is 0.337 e. The average Bonchev–Trinajstić information content (AvgIpc) is 3.24. The predicted octanol–water partition coefficient (Wildman–Crippen LogP) is 2.98. The lowest BCUT2D eigenvalue weighted by molar-refractivity contribution is 0.250. The maximum atomic E-state index is 12.6. The highest BCUT2D eigenvalue weighted by Crippen LogP contribution is 2.39. The Morgan fingerprint density at radius 1 is 1.07 bits per heavy atom. The minimum absolute atomic E-state index is 0.0531. The highest BCUT2D eigenvalue weighted by atomic mass is 16.3. The molecule has 4 rings (SSSR count). The number of benzene rings is 2. The van der Waals surface area contributed by atoms with Crippen molar-refractivity contribution in [3.63, 3.8) is 0 Å². The monoisotopic (exact) mass is 396 g/mol. The summed E-state index contributed by atoms with van der Waals surface area (Å²) in [5.74, 6) is 0.0768. The second-order valence-corrected chi connectivity index (χ2v) is 8.45. The van der Waals surface area contributed by atoms with Gasteiger partial charge in [-0.05, 0) is 67.7 Å². The summed E-state index contributed by atoms with van der Waals surface area (Å²) in [4.78, 5) is 16.5. The van der Waals surface area contributed by atoms with Crippen LogP contribution in [0.5, 0.6) is 11.5 Å². The molecule has 1 aliphatic carbocycles. The van der Waals surface area contributed by atoms with Crippen molar-refractivity contribution in [2.24, 2.45) is 0 Å². The fraction of sp³-hybridized carbons (Fsp3) is 0.409. The molecule has 0 radical (unpaired) electrons. The lowest BCUT2D eigenvalue weighted by Gasteiger charge is -2.25. The Kier molecular flexibility index (Phi) is 4.88. The molecule has 1 saturated heterocycles. The highest BCUT2D eigenvalue weighted by molar-refractivity contribution is 5.94. The summed E-state index contributed by atoms with van der Waals surface area (Å²) in [5.41, 5.74) is 10.2.